The minimum Gasteiger partial charge on any atom is -0.351 e. The summed E-state index contributed by atoms with van der Waals surface area (Å²) in [6, 6.07) is 3.88. The highest BCUT2D eigenvalue weighted by Gasteiger charge is 2.18. The molecular weight excluding hydrogens is 274 g/mol. The minimum absolute atomic E-state index is 0.00715. The van der Waals surface area contributed by atoms with Crippen LogP contribution in [0.1, 0.15) is 39.5 Å². The van der Waals surface area contributed by atoms with E-state index in [4.69, 9.17) is 4.52 Å². The lowest BCUT2D eigenvalue weighted by Crippen LogP contribution is -2.42. The quantitative estimate of drug-likeness (QED) is 0.889. The molecule has 0 saturated heterocycles. The van der Waals surface area contributed by atoms with Crippen molar-refractivity contribution in [3.05, 3.63) is 23.4 Å². The van der Waals surface area contributed by atoms with E-state index in [0.717, 1.165) is 11.3 Å². The Morgan fingerprint density at radius 2 is 2.30 bits per heavy atom. The Morgan fingerprint density at radius 1 is 1.50 bits per heavy atom. The van der Waals surface area contributed by atoms with E-state index in [0.29, 0.717) is 24.6 Å². The lowest BCUT2D eigenvalue weighted by atomic mass is 10.0. The first kappa shape index (κ1) is 14.7. The maximum absolute atomic E-state index is 11.8. The van der Waals surface area contributed by atoms with Crippen LogP contribution in [-0.2, 0) is 11.2 Å². The summed E-state index contributed by atoms with van der Waals surface area (Å²) in [6.45, 7) is 6.06. The van der Waals surface area contributed by atoms with Crippen LogP contribution in [0.3, 0.4) is 0 Å². The van der Waals surface area contributed by atoms with Crippen LogP contribution in [0.15, 0.2) is 22.0 Å². The van der Waals surface area contributed by atoms with Gasteiger partial charge in [-0.1, -0.05) is 18.1 Å². The molecule has 0 aliphatic rings. The fourth-order valence-corrected chi connectivity index (χ4v) is 2.26. The van der Waals surface area contributed by atoms with Crippen molar-refractivity contribution < 1.29 is 9.32 Å². The van der Waals surface area contributed by atoms with E-state index in [1.165, 1.54) is 0 Å². The summed E-state index contributed by atoms with van der Waals surface area (Å²) in [6.07, 6.45) is 1.71. The van der Waals surface area contributed by atoms with Gasteiger partial charge in [0, 0.05) is 18.4 Å². The number of nitrogens with zero attached hydrogens (tertiary/aromatic N) is 2. The van der Waals surface area contributed by atoms with Crippen LogP contribution in [0.2, 0.25) is 0 Å². The first-order chi connectivity index (χ1) is 9.50. The van der Waals surface area contributed by atoms with Crippen molar-refractivity contribution in [3.63, 3.8) is 0 Å². The van der Waals surface area contributed by atoms with Crippen molar-refractivity contribution in [2.75, 3.05) is 0 Å². The van der Waals surface area contributed by atoms with Gasteiger partial charge in [0.2, 0.25) is 17.6 Å². The van der Waals surface area contributed by atoms with E-state index in [1.54, 1.807) is 11.3 Å². The third kappa shape index (κ3) is 3.90. The second-order valence-electron chi connectivity index (χ2n) is 5.27. The molecule has 0 atom stereocenters. The molecule has 20 heavy (non-hydrogen) atoms. The average Bonchev–Trinajstić information content (AvgIpc) is 3.06. The van der Waals surface area contributed by atoms with Crippen LogP contribution < -0.4 is 5.32 Å². The van der Waals surface area contributed by atoms with Crippen LogP contribution in [0.4, 0.5) is 0 Å². The molecular formula is C14H19N3O2S. The van der Waals surface area contributed by atoms with E-state index in [9.17, 15) is 4.79 Å². The van der Waals surface area contributed by atoms with Crippen molar-refractivity contribution >= 4 is 17.2 Å². The highest BCUT2D eigenvalue weighted by atomic mass is 32.1. The SMILES string of the molecule is CCC(C)(C)NC(=O)CCc1nc(-c2cccs2)no1. The molecule has 0 aliphatic heterocycles. The minimum atomic E-state index is -0.173. The zero-order chi connectivity index (χ0) is 14.6. The van der Waals surface area contributed by atoms with Crippen molar-refractivity contribution in [2.24, 2.45) is 0 Å². The molecule has 0 bridgehead atoms. The lowest BCUT2D eigenvalue weighted by Gasteiger charge is -2.24. The van der Waals surface area contributed by atoms with Gasteiger partial charge in [0.1, 0.15) is 0 Å². The lowest BCUT2D eigenvalue weighted by molar-refractivity contribution is -0.122. The summed E-state index contributed by atoms with van der Waals surface area (Å²) in [5.41, 5.74) is -0.173. The first-order valence-corrected chi connectivity index (χ1v) is 7.55. The molecule has 1 N–H and O–H groups in total. The summed E-state index contributed by atoms with van der Waals surface area (Å²) in [7, 11) is 0. The Hall–Kier alpha value is -1.69. The zero-order valence-electron chi connectivity index (χ0n) is 12.0. The van der Waals surface area contributed by atoms with E-state index >= 15 is 0 Å². The van der Waals surface area contributed by atoms with Crippen LogP contribution >= 0.6 is 11.3 Å². The molecule has 2 aromatic heterocycles. The molecule has 2 rings (SSSR count). The maximum Gasteiger partial charge on any atom is 0.227 e. The fourth-order valence-electron chi connectivity index (χ4n) is 1.61. The molecule has 5 nitrogen and oxygen atoms in total. The summed E-state index contributed by atoms with van der Waals surface area (Å²) >= 11 is 1.56. The molecule has 0 radical (unpaired) electrons. The van der Waals surface area contributed by atoms with Crippen LogP contribution in [0.25, 0.3) is 10.7 Å². The Kier molecular flexibility index (Phi) is 4.54. The molecule has 0 aliphatic carbocycles. The van der Waals surface area contributed by atoms with Crippen LogP contribution in [-0.4, -0.2) is 21.6 Å². The number of rotatable bonds is 6. The molecule has 2 heterocycles. The molecule has 0 fully saturated rings. The van der Waals surface area contributed by atoms with Crippen molar-refractivity contribution in [2.45, 2.75) is 45.6 Å². The number of nitrogens with one attached hydrogen (secondary N) is 1. The van der Waals surface area contributed by atoms with Gasteiger partial charge in [0.05, 0.1) is 4.88 Å². The van der Waals surface area contributed by atoms with Gasteiger partial charge in [-0.3, -0.25) is 4.79 Å². The van der Waals surface area contributed by atoms with Crippen LogP contribution in [0, 0.1) is 0 Å². The number of carbonyl (C=O) groups excluding carboxylic acids is 1. The Balaban J connectivity index is 1.87. The molecule has 0 unspecified atom stereocenters. The molecule has 0 saturated carbocycles. The van der Waals surface area contributed by atoms with Gasteiger partial charge in [-0.15, -0.1) is 11.3 Å². The predicted octanol–water partition coefficient (Wildman–Crippen LogP) is 3.04. The second kappa shape index (κ2) is 6.17. The molecule has 108 valence electrons. The molecule has 2 aromatic rings. The van der Waals surface area contributed by atoms with Gasteiger partial charge in [-0.25, -0.2) is 0 Å². The number of hydrogen-bond donors (Lipinski definition) is 1. The summed E-state index contributed by atoms with van der Waals surface area (Å²) in [5.74, 6) is 1.09. The van der Waals surface area contributed by atoms with Gasteiger partial charge in [-0.2, -0.15) is 4.98 Å². The normalized spacial score (nSPS) is 11.6. The van der Waals surface area contributed by atoms with Crippen molar-refractivity contribution in [1.29, 1.82) is 0 Å². The van der Waals surface area contributed by atoms with Gasteiger partial charge < -0.3 is 9.84 Å². The van der Waals surface area contributed by atoms with E-state index in [-0.39, 0.29) is 11.4 Å². The molecule has 6 heteroatoms. The third-order valence-corrected chi connectivity index (χ3v) is 4.00. The number of aromatic nitrogens is 2. The number of amides is 1. The fraction of sp³-hybridized carbons (Fsp3) is 0.500. The van der Waals surface area contributed by atoms with Crippen molar-refractivity contribution in [3.8, 4) is 10.7 Å². The maximum atomic E-state index is 11.8. The van der Waals surface area contributed by atoms with Crippen LogP contribution in [0.5, 0.6) is 0 Å². The zero-order valence-corrected chi connectivity index (χ0v) is 12.8. The summed E-state index contributed by atoms with van der Waals surface area (Å²) < 4.78 is 5.16. The van der Waals surface area contributed by atoms with E-state index in [2.05, 4.69) is 15.5 Å². The third-order valence-electron chi connectivity index (χ3n) is 3.14. The number of carbonyl (C=O) groups is 1. The molecule has 1 amide bonds. The predicted molar refractivity (Wildman–Crippen MR) is 78.4 cm³/mol. The van der Waals surface area contributed by atoms with E-state index in [1.807, 2.05) is 38.3 Å². The number of thiophene rings is 1. The Bertz CT molecular complexity index is 561. The largest absolute Gasteiger partial charge is 0.351 e. The molecule has 0 aromatic carbocycles. The Labute approximate surface area is 122 Å². The van der Waals surface area contributed by atoms with Gasteiger partial charge in [0.15, 0.2) is 0 Å². The average molecular weight is 293 g/mol. The number of hydrogen-bond acceptors (Lipinski definition) is 5. The van der Waals surface area contributed by atoms with Gasteiger partial charge >= 0.3 is 0 Å². The highest BCUT2D eigenvalue weighted by Crippen LogP contribution is 2.21. The standard InChI is InChI=1S/C14H19N3O2S/c1-4-14(2,3)16-11(18)7-8-12-15-13(17-19-12)10-6-5-9-20-10/h5-6,9H,4,7-8H2,1-3H3,(H,16,18). The van der Waals surface area contributed by atoms with Crippen molar-refractivity contribution in [1.82, 2.24) is 15.5 Å². The summed E-state index contributed by atoms with van der Waals surface area (Å²) in [5, 5.41) is 8.87. The Morgan fingerprint density at radius 3 is 2.95 bits per heavy atom. The highest BCUT2D eigenvalue weighted by molar-refractivity contribution is 7.13. The smallest absolute Gasteiger partial charge is 0.227 e. The molecule has 0 spiro atoms. The van der Waals surface area contributed by atoms with Gasteiger partial charge in [-0.05, 0) is 31.7 Å². The summed E-state index contributed by atoms with van der Waals surface area (Å²) in [4.78, 5) is 17.1. The second-order valence-corrected chi connectivity index (χ2v) is 6.22. The van der Waals surface area contributed by atoms with Gasteiger partial charge in [0.25, 0.3) is 0 Å². The van der Waals surface area contributed by atoms with E-state index < -0.39 is 0 Å². The topological polar surface area (TPSA) is 68.0 Å². The number of aryl methyl sites for hydroxylation is 1. The monoisotopic (exact) mass is 293 g/mol. The first-order valence-electron chi connectivity index (χ1n) is 6.67.